The van der Waals surface area contributed by atoms with Gasteiger partial charge in [0.15, 0.2) is 5.82 Å². The third-order valence-electron chi connectivity index (χ3n) is 1.99. The molecule has 0 aromatic carbocycles. The SMILES string of the molecule is CCCNc1nsnc1-c1ccn(C)n1. The highest BCUT2D eigenvalue weighted by molar-refractivity contribution is 6.99. The molecule has 0 bridgehead atoms. The summed E-state index contributed by atoms with van der Waals surface area (Å²) in [5, 5.41) is 7.54. The maximum Gasteiger partial charge on any atom is 0.169 e. The molecule has 1 N–H and O–H groups in total. The Labute approximate surface area is 92.5 Å². The molecule has 2 aromatic rings. The lowest BCUT2D eigenvalue weighted by Crippen LogP contribution is -2.01. The molecule has 6 heteroatoms. The van der Waals surface area contributed by atoms with Gasteiger partial charge in [0.1, 0.15) is 11.4 Å². The second-order valence-electron chi connectivity index (χ2n) is 3.26. The van der Waals surface area contributed by atoms with Gasteiger partial charge in [0.05, 0.1) is 11.7 Å². The van der Waals surface area contributed by atoms with Crippen molar-refractivity contribution >= 4 is 17.5 Å². The quantitative estimate of drug-likeness (QED) is 0.858. The van der Waals surface area contributed by atoms with Crippen molar-refractivity contribution in [1.82, 2.24) is 18.5 Å². The molecule has 2 heterocycles. The maximum absolute atomic E-state index is 4.30. The fourth-order valence-electron chi connectivity index (χ4n) is 1.26. The predicted octanol–water partition coefficient (Wildman–Crippen LogP) is 1.76. The number of nitrogens with zero attached hydrogens (tertiary/aromatic N) is 4. The molecule has 0 radical (unpaired) electrons. The minimum absolute atomic E-state index is 0.834. The highest BCUT2D eigenvalue weighted by Crippen LogP contribution is 2.23. The van der Waals surface area contributed by atoms with E-state index in [-0.39, 0.29) is 0 Å². The topological polar surface area (TPSA) is 55.6 Å². The highest BCUT2D eigenvalue weighted by Gasteiger charge is 2.11. The first-order chi connectivity index (χ1) is 7.31. The molecule has 2 rings (SSSR count). The largest absolute Gasteiger partial charge is 0.367 e. The van der Waals surface area contributed by atoms with Gasteiger partial charge in [-0.3, -0.25) is 4.68 Å². The smallest absolute Gasteiger partial charge is 0.169 e. The number of nitrogens with one attached hydrogen (secondary N) is 1. The molecule has 0 unspecified atom stereocenters. The van der Waals surface area contributed by atoms with Crippen molar-refractivity contribution < 1.29 is 0 Å². The number of hydrogen-bond acceptors (Lipinski definition) is 5. The van der Waals surface area contributed by atoms with Crippen LogP contribution in [0, 0.1) is 0 Å². The van der Waals surface area contributed by atoms with E-state index in [1.165, 1.54) is 11.7 Å². The lowest BCUT2D eigenvalue weighted by atomic mass is 10.3. The second-order valence-corrected chi connectivity index (χ2v) is 3.79. The average Bonchev–Trinajstić information content (AvgIpc) is 2.82. The lowest BCUT2D eigenvalue weighted by molar-refractivity contribution is 0.770. The van der Waals surface area contributed by atoms with Gasteiger partial charge in [-0.15, -0.1) is 0 Å². The predicted molar refractivity (Wildman–Crippen MR) is 60.9 cm³/mol. The van der Waals surface area contributed by atoms with Crippen LogP contribution in [0.25, 0.3) is 11.4 Å². The average molecular weight is 223 g/mol. The fourth-order valence-corrected chi connectivity index (χ4v) is 1.79. The van der Waals surface area contributed by atoms with Gasteiger partial charge in [-0.25, -0.2) is 0 Å². The van der Waals surface area contributed by atoms with Crippen LogP contribution in [0.15, 0.2) is 12.3 Å². The minimum atomic E-state index is 0.834. The Balaban J connectivity index is 2.24. The summed E-state index contributed by atoms with van der Waals surface area (Å²) in [4.78, 5) is 0. The monoisotopic (exact) mass is 223 g/mol. The standard InChI is InChI=1S/C9H13N5S/c1-3-5-10-9-8(12-15-13-9)7-4-6-14(2)11-7/h4,6H,3,5H2,1-2H3,(H,10,13). The lowest BCUT2D eigenvalue weighted by Gasteiger charge is -2.00. The molecule has 80 valence electrons. The fraction of sp³-hybridized carbons (Fsp3) is 0.444. The zero-order valence-electron chi connectivity index (χ0n) is 8.77. The second kappa shape index (κ2) is 4.39. The van der Waals surface area contributed by atoms with E-state index < -0.39 is 0 Å². The van der Waals surface area contributed by atoms with Gasteiger partial charge in [-0.1, -0.05) is 6.92 Å². The number of rotatable bonds is 4. The van der Waals surface area contributed by atoms with Crippen LogP contribution in [0.3, 0.4) is 0 Å². The van der Waals surface area contributed by atoms with Crippen molar-refractivity contribution in [3.63, 3.8) is 0 Å². The van der Waals surface area contributed by atoms with Crippen molar-refractivity contribution in [2.24, 2.45) is 7.05 Å². The first kappa shape index (κ1) is 10.1. The summed E-state index contributed by atoms with van der Waals surface area (Å²) in [5.41, 5.74) is 1.71. The summed E-state index contributed by atoms with van der Waals surface area (Å²) in [6, 6.07) is 1.94. The summed E-state index contributed by atoms with van der Waals surface area (Å²) in [7, 11) is 1.89. The molecule has 15 heavy (non-hydrogen) atoms. The molecular formula is C9H13N5S. The Bertz CT molecular complexity index is 433. The van der Waals surface area contributed by atoms with Gasteiger partial charge in [-0.05, 0) is 12.5 Å². The van der Waals surface area contributed by atoms with E-state index in [4.69, 9.17) is 0 Å². The minimum Gasteiger partial charge on any atom is -0.367 e. The van der Waals surface area contributed by atoms with Gasteiger partial charge >= 0.3 is 0 Å². The van der Waals surface area contributed by atoms with Gasteiger partial charge in [0, 0.05) is 19.8 Å². The molecule has 0 spiro atoms. The molecular weight excluding hydrogens is 210 g/mol. The van der Waals surface area contributed by atoms with Crippen molar-refractivity contribution in [1.29, 1.82) is 0 Å². The number of aryl methyl sites for hydroxylation is 1. The Morgan fingerprint density at radius 1 is 1.47 bits per heavy atom. The molecule has 0 fully saturated rings. The van der Waals surface area contributed by atoms with Crippen LogP contribution in [-0.2, 0) is 7.05 Å². The molecule has 2 aromatic heterocycles. The van der Waals surface area contributed by atoms with E-state index in [0.717, 1.165) is 30.2 Å². The Kier molecular flexibility index (Phi) is 2.96. The van der Waals surface area contributed by atoms with E-state index in [9.17, 15) is 0 Å². The van der Waals surface area contributed by atoms with E-state index in [1.807, 2.05) is 19.3 Å². The van der Waals surface area contributed by atoms with Crippen molar-refractivity contribution in [2.75, 3.05) is 11.9 Å². The third-order valence-corrected chi connectivity index (χ3v) is 2.52. The van der Waals surface area contributed by atoms with Crippen molar-refractivity contribution in [2.45, 2.75) is 13.3 Å². The number of anilines is 1. The van der Waals surface area contributed by atoms with Crippen LogP contribution >= 0.6 is 11.7 Å². The van der Waals surface area contributed by atoms with Gasteiger partial charge in [-0.2, -0.15) is 13.8 Å². The number of aromatic nitrogens is 4. The first-order valence-corrected chi connectivity index (χ1v) is 5.60. The summed E-state index contributed by atoms with van der Waals surface area (Å²) in [6.07, 6.45) is 2.97. The first-order valence-electron chi connectivity index (χ1n) is 4.87. The van der Waals surface area contributed by atoms with Crippen LogP contribution in [0.1, 0.15) is 13.3 Å². The van der Waals surface area contributed by atoms with Gasteiger partial charge < -0.3 is 5.32 Å². The van der Waals surface area contributed by atoms with E-state index in [2.05, 4.69) is 26.1 Å². The zero-order valence-corrected chi connectivity index (χ0v) is 9.58. The number of hydrogen-bond donors (Lipinski definition) is 1. The molecule has 5 nitrogen and oxygen atoms in total. The maximum atomic E-state index is 4.30. The van der Waals surface area contributed by atoms with E-state index >= 15 is 0 Å². The molecule has 0 aliphatic rings. The Morgan fingerprint density at radius 2 is 2.33 bits per heavy atom. The van der Waals surface area contributed by atoms with Crippen LogP contribution in [0.5, 0.6) is 0 Å². The van der Waals surface area contributed by atoms with Crippen molar-refractivity contribution in [3.05, 3.63) is 12.3 Å². The molecule has 0 saturated heterocycles. The summed E-state index contributed by atoms with van der Waals surface area (Å²) in [5.74, 6) is 0.834. The summed E-state index contributed by atoms with van der Waals surface area (Å²) >= 11 is 1.21. The Hall–Kier alpha value is -1.43. The third kappa shape index (κ3) is 2.15. The zero-order chi connectivity index (χ0) is 10.7. The van der Waals surface area contributed by atoms with Crippen LogP contribution in [-0.4, -0.2) is 25.1 Å². The molecule has 0 atom stereocenters. The van der Waals surface area contributed by atoms with Crippen LogP contribution < -0.4 is 5.32 Å². The molecule has 0 aliphatic carbocycles. The van der Waals surface area contributed by atoms with Crippen molar-refractivity contribution in [3.8, 4) is 11.4 Å². The summed E-state index contributed by atoms with van der Waals surface area (Å²) in [6.45, 7) is 3.03. The van der Waals surface area contributed by atoms with E-state index in [0.29, 0.717) is 0 Å². The Morgan fingerprint density at radius 3 is 3.00 bits per heavy atom. The van der Waals surface area contributed by atoms with E-state index in [1.54, 1.807) is 4.68 Å². The molecule has 0 aliphatic heterocycles. The van der Waals surface area contributed by atoms with Gasteiger partial charge in [0.2, 0.25) is 0 Å². The summed E-state index contributed by atoms with van der Waals surface area (Å²) < 4.78 is 10.2. The highest BCUT2D eigenvalue weighted by atomic mass is 32.1. The van der Waals surface area contributed by atoms with Crippen LogP contribution in [0.2, 0.25) is 0 Å². The van der Waals surface area contributed by atoms with Crippen LogP contribution in [0.4, 0.5) is 5.82 Å². The van der Waals surface area contributed by atoms with Gasteiger partial charge in [0.25, 0.3) is 0 Å². The normalized spacial score (nSPS) is 10.5. The molecule has 0 amide bonds. The molecule has 0 saturated carbocycles.